The van der Waals surface area contributed by atoms with Gasteiger partial charge < -0.3 is 10.2 Å². The van der Waals surface area contributed by atoms with Gasteiger partial charge in [-0.3, -0.25) is 4.84 Å². The molecule has 0 aliphatic carbocycles. The van der Waals surface area contributed by atoms with E-state index in [1.165, 1.54) is 0 Å². The molecule has 0 aromatic rings. The number of aliphatic hydroxyl groups excluding tert-OH is 2. The largest absolute Gasteiger partial charge is 0.391 e. The summed E-state index contributed by atoms with van der Waals surface area (Å²) in [6.45, 7) is 2.05. The molecule has 0 radical (unpaired) electrons. The van der Waals surface area contributed by atoms with Gasteiger partial charge in [-0.1, -0.05) is 6.92 Å². The summed E-state index contributed by atoms with van der Waals surface area (Å²) in [7, 11) is 0. The Hall–Kier alpha value is -0.160. The smallest absolute Gasteiger partial charge is 0.197 e. The number of nitrogens with one attached hydrogen (secondary N) is 1. The van der Waals surface area contributed by atoms with E-state index < -0.39 is 6.29 Å². The van der Waals surface area contributed by atoms with Crippen LogP contribution in [-0.4, -0.2) is 29.7 Å². The lowest BCUT2D eigenvalue weighted by atomic mass is 10.7. The zero-order valence-corrected chi connectivity index (χ0v) is 4.79. The highest BCUT2D eigenvalue weighted by molar-refractivity contribution is 4.28. The third-order valence-corrected chi connectivity index (χ3v) is 0.520. The molecule has 0 aliphatic heterocycles. The number of rotatable bonds is 4. The number of aliphatic hydroxyl groups is 2. The van der Waals surface area contributed by atoms with Gasteiger partial charge in [0.05, 0.1) is 6.61 Å². The van der Waals surface area contributed by atoms with Gasteiger partial charge >= 0.3 is 0 Å². The van der Waals surface area contributed by atoms with E-state index in [0.717, 1.165) is 0 Å². The summed E-state index contributed by atoms with van der Waals surface area (Å²) in [4.78, 5) is 4.40. The van der Waals surface area contributed by atoms with Crippen molar-refractivity contribution in [1.29, 1.82) is 0 Å². The van der Waals surface area contributed by atoms with Gasteiger partial charge in [0.2, 0.25) is 0 Å². The first-order valence-corrected chi connectivity index (χ1v) is 2.48. The van der Waals surface area contributed by atoms with Gasteiger partial charge in [-0.05, 0) is 0 Å². The van der Waals surface area contributed by atoms with Gasteiger partial charge in [0.15, 0.2) is 6.29 Å². The third kappa shape index (κ3) is 4.01. The Morgan fingerprint density at radius 3 is 2.75 bits per heavy atom. The Kier molecular flexibility index (Phi) is 4.89. The Balaban J connectivity index is 2.86. The molecule has 0 spiro atoms. The van der Waals surface area contributed by atoms with Crippen LogP contribution >= 0.6 is 0 Å². The maximum Gasteiger partial charge on any atom is 0.197 e. The van der Waals surface area contributed by atoms with Crippen LogP contribution in [0.25, 0.3) is 0 Å². The van der Waals surface area contributed by atoms with Gasteiger partial charge in [-0.15, -0.1) is 0 Å². The second kappa shape index (κ2) is 4.99. The standard InChI is InChI=1S/C4H11NO3/c1-2-5-8-4(7)3-6/h4-7H,2-3H2,1H3. The van der Waals surface area contributed by atoms with E-state index >= 15 is 0 Å². The molecule has 4 nitrogen and oxygen atoms in total. The molecule has 0 saturated carbocycles. The minimum Gasteiger partial charge on any atom is -0.391 e. The summed E-state index contributed by atoms with van der Waals surface area (Å²) in [5.41, 5.74) is 2.39. The van der Waals surface area contributed by atoms with E-state index in [4.69, 9.17) is 10.2 Å². The van der Waals surface area contributed by atoms with Gasteiger partial charge in [-0.25, -0.2) is 0 Å². The van der Waals surface area contributed by atoms with Crippen molar-refractivity contribution in [3.8, 4) is 0 Å². The van der Waals surface area contributed by atoms with Gasteiger partial charge in [0.25, 0.3) is 0 Å². The van der Waals surface area contributed by atoms with Gasteiger partial charge in [-0.2, -0.15) is 5.48 Å². The monoisotopic (exact) mass is 121 g/mol. The summed E-state index contributed by atoms with van der Waals surface area (Å²) < 4.78 is 0. The Labute approximate surface area is 48.0 Å². The molecule has 1 unspecified atom stereocenters. The van der Waals surface area contributed by atoms with Crippen molar-refractivity contribution in [3.05, 3.63) is 0 Å². The summed E-state index contributed by atoms with van der Waals surface area (Å²) in [5.74, 6) is 0. The van der Waals surface area contributed by atoms with Crippen LogP contribution < -0.4 is 5.48 Å². The summed E-state index contributed by atoms with van der Waals surface area (Å²) in [6, 6.07) is 0. The third-order valence-electron chi connectivity index (χ3n) is 0.520. The lowest BCUT2D eigenvalue weighted by Crippen LogP contribution is -2.25. The van der Waals surface area contributed by atoms with Crippen LogP contribution in [0.2, 0.25) is 0 Å². The molecule has 0 aliphatic rings. The van der Waals surface area contributed by atoms with E-state index in [1.807, 2.05) is 6.92 Å². The molecule has 0 fully saturated rings. The molecule has 0 amide bonds. The van der Waals surface area contributed by atoms with E-state index in [1.54, 1.807) is 0 Å². The molecule has 8 heavy (non-hydrogen) atoms. The highest BCUT2D eigenvalue weighted by Crippen LogP contribution is 1.76. The van der Waals surface area contributed by atoms with Crippen LogP contribution in [-0.2, 0) is 4.84 Å². The highest BCUT2D eigenvalue weighted by atomic mass is 16.7. The average Bonchev–Trinajstić information content (AvgIpc) is 1.83. The molecule has 0 aromatic heterocycles. The average molecular weight is 121 g/mol. The van der Waals surface area contributed by atoms with Gasteiger partial charge in [0.1, 0.15) is 0 Å². The molecule has 0 rings (SSSR count). The first kappa shape index (κ1) is 7.84. The molecule has 0 heterocycles. The minimum absolute atomic E-state index is 0.382. The maximum absolute atomic E-state index is 8.45. The van der Waals surface area contributed by atoms with Crippen molar-refractivity contribution in [2.45, 2.75) is 13.2 Å². The van der Waals surface area contributed by atoms with Crippen molar-refractivity contribution in [1.82, 2.24) is 5.48 Å². The molecule has 3 N–H and O–H groups in total. The molecule has 0 aromatic carbocycles. The minimum atomic E-state index is -1.10. The summed E-state index contributed by atoms with van der Waals surface area (Å²) in [5, 5.41) is 16.6. The van der Waals surface area contributed by atoms with Crippen molar-refractivity contribution < 1.29 is 15.1 Å². The van der Waals surface area contributed by atoms with Crippen molar-refractivity contribution in [3.63, 3.8) is 0 Å². The SMILES string of the molecule is CCNOC(O)CO. The molecule has 1 atom stereocenters. The van der Waals surface area contributed by atoms with Crippen molar-refractivity contribution in [2.24, 2.45) is 0 Å². The molecule has 0 bridgehead atoms. The predicted octanol–water partition coefficient (Wildman–Crippen LogP) is -1.16. The maximum atomic E-state index is 8.45. The van der Waals surface area contributed by atoms with Crippen LogP contribution in [0.1, 0.15) is 6.92 Å². The van der Waals surface area contributed by atoms with Crippen LogP contribution in [0.15, 0.2) is 0 Å². The molecular weight excluding hydrogens is 110 g/mol. The zero-order chi connectivity index (χ0) is 6.41. The van der Waals surface area contributed by atoms with Crippen LogP contribution in [0.5, 0.6) is 0 Å². The zero-order valence-electron chi connectivity index (χ0n) is 4.79. The van der Waals surface area contributed by atoms with E-state index in [2.05, 4.69) is 10.3 Å². The fourth-order valence-electron chi connectivity index (χ4n) is 0.217. The topological polar surface area (TPSA) is 61.7 Å². The van der Waals surface area contributed by atoms with E-state index in [0.29, 0.717) is 6.54 Å². The molecule has 0 saturated heterocycles. The first-order chi connectivity index (χ1) is 3.81. The fraction of sp³-hybridized carbons (Fsp3) is 1.00. The van der Waals surface area contributed by atoms with E-state index in [-0.39, 0.29) is 6.61 Å². The lowest BCUT2D eigenvalue weighted by Gasteiger charge is -2.06. The lowest BCUT2D eigenvalue weighted by molar-refractivity contribution is -0.164. The van der Waals surface area contributed by atoms with E-state index in [9.17, 15) is 0 Å². The predicted molar refractivity (Wildman–Crippen MR) is 27.9 cm³/mol. The summed E-state index contributed by atoms with van der Waals surface area (Å²) >= 11 is 0. The van der Waals surface area contributed by atoms with Gasteiger partial charge in [0, 0.05) is 6.54 Å². The Bertz CT molecular complexity index is 50.5. The molecule has 50 valence electrons. The fourth-order valence-corrected chi connectivity index (χ4v) is 0.217. The number of hydrogen-bond acceptors (Lipinski definition) is 4. The van der Waals surface area contributed by atoms with Crippen LogP contribution in [0.4, 0.5) is 0 Å². The first-order valence-electron chi connectivity index (χ1n) is 2.48. The van der Waals surface area contributed by atoms with Crippen molar-refractivity contribution >= 4 is 0 Å². The molecule has 4 heteroatoms. The van der Waals surface area contributed by atoms with Crippen LogP contribution in [0.3, 0.4) is 0 Å². The second-order valence-corrected chi connectivity index (χ2v) is 1.25. The molecular formula is C4H11NO3. The quantitative estimate of drug-likeness (QED) is 0.324. The number of hydrogen-bond donors (Lipinski definition) is 3. The highest BCUT2D eigenvalue weighted by Gasteiger charge is 1.97. The number of hydroxylamine groups is 1. The Morgan fingerprint density at radius 1 is 1.75 bits per heavy atom. The summed E-state index contributed by atoms with van der Waals surface area (Å²) in [6.07, 6.45) is -1.10. The van der Waals surface area contributed by atoms with Crippen LogP contribution in [0, 0.1) is 0 Å². The second-order valence-electron chi connectivity index (χ2n) is 1.25. The normalized spacial score (nSPS) is 13.9. The van der Waals surface area contributed by atoms with Crippen molar-refractivity contribution in [2.75, 3.05) is 13.2 Å². The Morgan fingerprint density at radius 2 is 2.38 bits per heavy atom.